The number of aromatic carboxylic acids is 1. The van der Waals surface area contributed by atoms with Gasteiger partial charge in [0.05, 0.1) is 16.1 Å². The number of amides is 2. The highest BCUT2D eigenvalue weighted by atomic mass is 35.5. The smallest absolute Gasteiger partial charge is 0.335 e. The molecule has 10 heteroatoms. The molecule has 7 nitrogen and oxygen atoms in total. The van der Waals surface area contributed by atoms with Gasteiger partial charge in [-0.2, -0.15) is 0 Å². The summed E-state index contributed by atoms with van der Waals surface area (Å²) in [5.41, 5.74) is 6.46. The van der Waals surface area contributed by atoms with Crippen molar-refractivity contribution in [2.45, 2.75) is 23.3 Å². The summed E-state index contributed by atoms with van der Waals surface area (Å²) in [6.45, 7) is 2.68. The van der Waals surface area contributed by atoms with E-state index in [0.717, 1.165) is 4.90 Å². The second-order valence-corrected chi connectivity index (χ2v) is 10.2. The lowest BCUT2D eigenvalue weighted by Gasteiger charge is -2.20. The van der Waals surface area contributed by atoms with Crippen LogP contribution in [0.5, 0.6) is 0 Å². The number of primary amides is 1. The van der Waals surface area contributed by atoms with Crippen LogP contribution in [0.4, 0.5) is 4.39 Å². The van der Waals surface area contributed by atoms with Gasteiger partial charge in [0, 0.05) is 39.9 Å². The van der Waals surface area contributed by atoms with Crippen molar-refractivity contribution in [2.24, 2.45) is 23.5 Å². The zero-order valence-corrected chi connectivity index (χ0v) is 19.7. The number of fused-ring (bicyclic) bond motifs is 2. The Morgan fingerprint density at radius 1 is 1.21 bits per heavy atom. The molecule has 176 valence electrons. The summed E-state index contributed by atoms with van der Waals surface area (Å²) in [6, 6.07) is 9.67. The number of carboxylic acids is 1. The van der Waals surface area contributed by atoms with Gasteiger partial charge in [0.1, 0.15) is 6.54 Å². The average Bonchev–Trinajstić information content (AvgIpc) is 3.19. The fourth-order valence-electron chi connectivity index (χ4n) is 5.00. The van der Waals surface area contributed by atoms with Crippen molar-refractivity contribution in [3.63, 3.8) is 0 Å². The van der Waals surface area contributed by atoms with Crippen LogP contribution in [0, 0.1) is 30.5 Å². The predicted octanol–water partition coefficient (Wildman–Crippen LogP) is 3.78. The van der Waals surface area contributed by atoms with Gasteiger partial charge in [0.2, 0.25) is 11.8 Å². The summed E-state index contributed by atoms with van der Waals surface area (Å²) in [5.74, 6) is -2.06. The minimum atomic E-state index is -1.03. The minimum Gasteiger partial charge on any atom is -0.478 e. The van der Waals surface area contributed by atoms with Crippen LogP contribution in [-0.2, 0) is 16.1 Å². The van der Waals surface area contributed by atoms with Crippen LogP contribution in [0.3, 0.4) is 0 Å². The second-order valence-electron chi connectivity index (χ2n) is 8.75. The Labute approximate surface area is 203 Å². The van der Waals surface area contributed by atoms with Crippen molar-refractivity contribution in [3.05, 3.63) is 58.5 Å². The van der Waals surface area contributed by atoms with Gasteiger partial charge in [-0.15, -0.1) is 0 Å². The number of hydrogen-bond donors (Lipinski definition) is 2. The van der Waals surface area contributed by atoms with E-state index in [1.54, 1.807) is 40.7 Å². The van der Waals surface area contributed by atoms with Gasteiger partial charge in [-0.1, -0.05) is 29.4 Å². The van der Waals surface area contributed by atoms with Crippen molar-refractivity contribution in [1.29, 1.82) is 0 Å². The monoisotopic (exact) mass is 501 g/mol. The normalized spacial score (nSPS) is 21.0. The Balaban J connectivity index is 1.48. The summed E-state index contributed by atoms with van der Waals surface area (Å²) >= 11 is 7.38. The molecule has 2 aromatic carbocycles. The quantitative estimate of drug-likeness (QED) is 0.534. The topological polar surface area (TPSA) is 106 Å². The molecule has 1 saturated heterocycles. The van der Waals surface area contributed by atoms with E-state index in [9.17, 15) is 19.5 Å². The Hall–Kier alpha value is -3.04. The molecule has 5 rings (SSSR count). The molecule has 1 aliphatic heterocycles. The number of rotatable bonds is 6. The third-order valence-corrected chi connectivity index (χ3v) is 8.29. The van der Waals surface area contributed by atoms with Crippen LogP contribution in [0.25, 0.3) is 10.9 Å². The van der Waals surface area contributed by atoms with Gasteiger partial charge in [-0.25, -0.2) is 9.18 Å². The summed E-state index contributed by atoms with van der Waals surface area (Å²) in [6.07, 6.45) is 0. The molecule has 3 aromatic rings. The van der Waals surface area contributed by atoms with E-state index >= 15 is 4.39 Å². The maximum Gasteiger partial charge on any atom is 0.335 e. The Kier molecular flexibility index (Phi) is 5.56. The molecule has 0 unspecified atom stereocenters. The van der Waals surface area contributed by atoms with Gasteiger partial charge in [-0.05, 0) is 49.1 Å². The zero-order chi connectivity index (χ0) is 24.3. The van der Waals surface area contributed by atoms with E-state index in [1.807, 2.05) is 0 Å². The molecule has 0 radical (unpaired) electrons. The number of halogens is 2. The Bertz CT molecular complexity index is 1360. The number of benzene rings is 2. The van der Waals surface area contributed by atoms with Crippen molar-refractivity contribution in [1.82, 2.24) is 9.47 Å². The lowest BCUT2D eigenvalue weighted by Crippen LogP contribution is -2.36. The first-order chi connectivity index (χ1) is 16.2. The largest absolute Gasteiger partial charge is 0.478 e. The molecular formula is C24H21ClFN3O4S. The van der Waals surface area contributed by atoms with E-state index in [0.29, 0.717) is 29.1 Å². The number of carboxylic acid groups (broad SMARTS) is 1. The van der Waals surface area contributed by atoms with E-state index in [4.69, 9.17) is 17.3 Å². The van der Waals surface area contributed by atoms with Crippen LogP contribution in [0.15, 0.2) is 46.2 Å². The van der Waals surface area contributed by atoms with Gasteiger partial charge < -0.3 is 20.3 Å². The predicted molar refractivity (Wildman–Crippen MR) is 125 cm³/mol. The molecule has 0 bridgehead atoms. The molecule has 1 saturated carbocycles. The molecule has 2 heterocycles. The standard InChI is InChI=1S/C24H21ClFN3O4S/c1-11-22(34-13-4-2-3-12(7-13)24(32)33)14-5-6-17(25)20(26)21(14)29(11)10-18(30)28-8-15-16(9-28)19(15)23(27)31/h2-7,15-16,19H,8-10H2,1H3,(H2,27,31)(H,32,33)/t15-,16+,19+. The molecule has 3 N–H and O–H groups in total. The Morgan fingerprint density at radius 2 is 1.91 bits per heavy atom. The first kappa shape index (κ1) is 22.7. The molecular weight excluding hydrogens is 481 g/mol. The number of carbonyl (C=O) groups is 3. The van der Waals surface area contributed by atoms with Crippen LogP contribution < -0.4 is 5.73 Å². The maximum atomic E-state index is 15.2. The van der Waals surface area contributed by atoms with E-state index in [2.05, 4.69) is 0 Å². The van der Waals surface area contributed by atoms with Gasteiger partial charge in [0.15, 0.2) is 5.82 Å². The molecule has 2 aliphatic rings. The lowest BCUT2D eigenvalue weighted by atomic mass is 10.2. The van der Waals surface area contributed by atoms with Gasteiger partial charge in [0.25, 0.3) is 0 Å². The fourth-order valence-corrected chi connectivity index (χ4v) is 6.25. The SMILES string of the molecule is Cc1c(Sc2cccc(C(=O)O)c2)c2ccc(Cl)c(F)c2n1CC(=O)N1C[C@@H]2[C@H](C1)[C@H]2C(N)=O. The second kappa shape index (κ2) is 8.32. The molecule has 0 spiro atoms. The van der Waals surface area contributed by atoms with Crippen LogP contribution in [0.2, 0.25) is 5.02 Å². The van der Waals surface area contributed by atoms with Crippen LogP contribution >= 0.6 is 23.4 Å². The average molecular weight is 502 g/mol. The third kappa shape index (κ3) is 3.73. The summed E-state index contributed by atoms with van der Waals surface area (Å²) in [5, 5.41) is 9.85. The number of aromatic nitrogens is 1. The first-order valence-electron chi connectivity index (χ1n) is 10.7. The van der Waals surface area contributed by atoms with Gasteiger partial charge >= 0.3 is 5.97 Å². The Morgan fingerprint density at radius 3 is 2.56 bits per heavy atom. The summed E-state index contributed by atoms with van der Waals surface area (Å²) in [7, 11) is 0. The number of carbonyl (C=O) groups excluding carboxylic acids is 2. The number of likely N-dealkylation sites (tertiary alicyclic amines) is 1. The lowest BCUT2D eigenvalue weighted by molar-refractivity contribution is -0.132. The van der Waals surface area contributed by atoms with E-state index in [-0.39, 0.29) is 52.2 Å². The highest BCUT2D eigenvalue weighted by molar-refractivity contribution is 7.99. The highest BCUT2D eigenvalue weighted by Gasteiger charge is 2.59. The van der Waals surface area contributed by atoms with Crippen molar-refractivity contribution >= 4 is 52.0 Å². The van der Waals surface area contributed by atoms with Crippen LogP contribution in [0.1, 0.15) is 16.1 Å². The van der Waals surface area contributed by atoms with Crippen molar-refractivity contribution in [2.75, 3.05) is 13.1 Å². The van der Waals surface area contributed by atoms with E-state index in [1.165, 1.54) is 23.9 Å². The summed E-state index contributed by atoms with van der Waals surface area (Å²) in [4.78, 5) is 39.0. The maximum absolute atomic E-state index is 15.2. The third-order valence-electron chi connectivity index (χ3n) is 6.79. The minimum absolute atomic E-state index is 0.0464. The van der Waals surface area contributed by atoms with Gasteiger partial charge in [-0.3, -0.25) is 9.59 Å². The van der Waals surface area contributed by atoms with Crippen molar-refractivity contribution < 1.29 is 23.9 Å². The van der Waals surface area contributed by atoms with Crippen LogP contribution in [-0.4, -0.2) is 45.4 Å². The number of piperidine rings is 1. The zero-order valence-electron chi connectivity index (χ0n) is 18.1. The summed E-state index contributed by atoms with van der Waals surface area (Å²) < 4.78 is 16.8. The number of nitrogens with two attached hydrogens (primary N) is 1. The molecule has 34 heavy (non-hydrogen) atoms. The first-order valence-corrected chi connectivity index (χ1v) is 11.9. The molecule has 3 atom stereocenters. The number of hydrogen-bond acceptors (Lipinski definition) is 4. The van der Waals surface area contributed by atoms with Crippen molar-refractivity contribution in [3.8, 4) is 0 Å². The molecule has 2 fully saturated rings. The highest BCUT2D eigenvalue weighted by Crippen LogP contribution is 2.51. The molecule has 2 amide bonds. The fraction of sp³-hybridized carbons (Fsp3) is 0.292. The molecule has 1 aromatic heterocycles. The number of nitrogens with zero attached hydrogens (tertiary/aromatic N) is 2. The molecule has 1 aliphatic carbocycles. The van der Waals surface area contributed by atoms with E-state index < -0.39 is 11.8 Å².